The minimum absolute atomic E-state index is 0.0839. The molecule has 0 amide bonds. The Balaban J connectivity index is 1.98. The first-order chi connectivity index (χ1) is 7.29. The lowest BCUT2D eigenvalue weighted by molar-refractivity contribution is -0.141. The third-order valence-electron chi connectivity index (χ3n) is 2.64. The second kappa shape index (κ2) is 4.14. The Morgan fingerprint density at radius 3 is 2.47 bits per heavy atom. The maximum atomic E-state index is 11.5. The van der Waals surface area contributed by atoms with Crippen LogP contribution in [0.4, 0.5) is 0 Å². The molecule has 0 bridgehead atoms. The summed E-state index contributed by atoms with van der Waals surface area (Å²) in [5, 5.41) is 8.59. The highest BCUT2D eigenvalue weighted by atomic mass is 16.5. The zero-order valence-corrected chi connectivity index (χ0v) is 8.27. The van der Waals surface area contributed by atoms with E-state index in [9.17, 15) is 4.79 Å². The molecule has 0 heterocycles. The Hall–Kier alpha value is -1.82. The van der Waals surface area contributed by atoms with Crippen molar-refractivity contribution < 1.29 is 9.53 Å². The molecule has 0 spiro atoms. The lowest BCUT2D eigenvalue weighted by Gasteiger charge is -2.22. The highest BCUT2D eigenvalue weighted by Crippen LogP contribution is 2.28. The summed E-state index contributed by atoms with van der Waals surface area (Å²) in [6, 6.07) is 8.59. The zero-order valence-electron chi connectivity index (χ0n) is 8.27. The van der Waals surface area contributed by atoms with Gasteiger partial charge in [-0.2, -0.15) is 5.26 Å². The van der Waals surface area contributed by atoms with Crippen molar-refractivity contribution in [2.75, 3.05) is 0 Å². The molecular formula is C12H11NO2. The zero-order chi connectivity index (χ0) is 10.7. The summed E-state index contributed by atoms with van der Waals surface area (Å²) in [4.78, 5) is 11.5. The fourth-order valence-electron chi connectivity index (χ4n) is 1.44. The fourth-order valence-corrected chi connectivity index (χ4v) is 1.44. The second-order valence-corrected chi connectivity index (χ2v) is 3.69. The van der Waals surface area contributed by atoms with Crippen molar-refractivity contribution in [1.29, 1.82) is 5.26 Å². The molecule has 1 fully saturated rings. The van der Waals surface area contributed by atoms with E-state index in [1.807, 2.05) is 6.07 Å². The SMILES string of the molecule is N#Cc1ccc(OC(=O)C2CCC2)cc1. The van der Waals surface area contributed by atoms with E-state index >= 15 is 0 Å². The van der Waals surface area contributed by atoms with E-state index < -0.39 is 0 Å². The Kier molecular flexibility index (Phi) is 2.68. The minimum Gasteiger partial charge on any atom is -0.426 e. The van der Waals surface area contributed by atoms with Gasteiger partial charge in [0.15, 0.2) is 0 Å². The molecule has 0 N–H and O–H groups in total. The summed E-state index contributed by atoms with van der Waals surface area (Å²) in [5.41, 5.74) is 0.568. The van der Waals surface area contributed by atoms with Crippen LogP contribution in [0.2, 0.25) is 0 Å². The van der Waals surface area contributed by atoms with Crippen molar-refractivity contribution in [3.63, 3.8) is 0 Å². The smallest absolute Gasteiger partial charge is 0.314 e. The van der Waals surface area contributed by atoms with Crippen LogP contribution < -0.4 is 4.74 Å². The van der Waals surface area contributed by atoms with Crippen LogP contribution in [0.15, 0.2) is 24.3 Å². The number of rotatable bonds is 2. The Morgan fingerprint density at radius 2 is 2.00 bits per heavy atom. The van der Waals surface area contributed by atoms with Crippen LogP contribution in [0.1, 0.15) is 24.8 Å². The molecule has 1 aliphatic rings. The average molecular weight is 201 g/mol. The van der Waals surface area contributed by atoms with Crippen LogP contribution in [0.25, 0.3) is 0 Å². The van der Waals surface area contributed by atoms with Crippen LogP contribution in [-0.4, -0.2) is 5.97 Å². The standard InChI is InChI=1S/C12H11NO2/c13-8-9-4-6-11(7-5-9)15-12(14)10-2-1-3-10/h4-7,10H,1-3H2. The molecule has 0 unspecified atom stereocenters. The van der Waals surface area contributed by atoms with Crippen LogP contribution in [-0.2, 0) is 4.79 Å². The van der Waals surface area contributed by atoms with E-state index in [4.69, 9.17) is 10.00 Å². The number of nitriles is 1. The van der Waals surface area contributed by atoms with E-state index in [0.717, 1.165) is 19.3 Å². The predicted octanol–water partition coefficient (Wildman–Crippen LogP) is 2.26. The number of nitrogens with zero attached hydrogens (tertiary/aromatic N) is 1. The molecular weight excluding hydrogens is 190 g/mol. The van der Waals surface area contributed by atoms with Gasteiger partial charge in [-0.1, -0.05) is 6.42 Å². The minimum atomic E-state index is -0.147. The normalized spacial score (nSPS) is 15.1. The predicted molar refractivity (Wildman–Crippen MR) is 54.1 cm³/mol. The van der Waals surface area contributed by atoms with Crippen LogP contribution in [0, 0.1) is 17.2 Å². The van der Waals surface area contributed by atoms with Crippen molar-refractivity contribution in [2.45, 2.75) is 19.3 Å². The lowest BCUT2D eigenvalue weighted by Crippen LogP contribution is -2.26. The number of benzene rings is 1. The van der Waals surface area contributed by atoms with Gasteiger partial charge in [-0.05, 0) is 37.1 Å². The number of hydrogen-bond acceptors (Lipinski definition) is 3. The molecule has 3 heteroatoms. The third kappa shape index (κ3) is 2.16. The molecule has 2 rings (SSSR count). The summed E-state index contributed by atoms with van der Waals surface area (Å²) in [7, 11) is 0. The van der Waals surface area contributed by atoms with Gasteiger partial charge >= 0.3 is 5.97 Å². The Labute approximate surface area is 88.3 Å². The first-order valence-electron chi connectivity index (χ1n) is 5.01. The quantitative estimate of drug-likeness (QED) is 0.544. The van der Waals surface area contributed by atoms with Crippen molar-refractivity contribution in [2.24, 2.45) is 5.92 Å². The number of carbonyl (C=O) groups is 1. The highest BCUT2D eigenvalue weighted by Gasteiger charge is 2.26. The summed E-state index contributed by atoms with van der Waals surface area (Å²) in [6.45, 7) is 0. The van der Waals surface area contributed by atoms with Gasteiger partial charge in [-0.15, -0.1) is 0 Å². The maximum Gasteiger partial charge on any atom is 0.314 e. The van der Waals surface area contributed by atoms with E-state index in [0.29, 0.717) is 11.3 Å². The summed E-state index contributed by atoms with van der Waals surface area (Å²) in [6.07, 6.45) is 3.00. The molecule has 0 aliphatic heterocycles. The van der Waals surface area contributed by atoms with Crippen molar-refractivity contribution in [3.8, 4) is 11.8 Å². The molecule has 0 saturated heterocycles. The van der Waals surface area contributed by atoms with Crippen LogP contribution in [0.5, 0.6) is 5.75 Å². The second-order valence-electron chi connectivity index (χ2n) is 3.69. The molecule has 3 nitrogen and oxygen atoms in total. The van der Waals surface area contributed by atoms with Gasteiger partial charge in [0.05, 0.1) is 17.6 Å². The molecule has 1 saturated carbocycles. The number of esters is 1. The van der Waals surface area contributed by atoms with Crippen molar-refractivity contribution >= 4 is 5.97 Å². The Morgan fingerprint density at radius 1 is 1.33 bits per heavy atom. The fraction of sp³-hybridized carbons (Fsp3) is 0.333. The van der Waals surface area contributed by atoms with Crippen LogP contribution >= 0.6 is 0 Å². The van der Waals surface area contributed by atoms with Gasteiger partial charge in [0.1, 0.15) is 5.75 Å². The van der Waals surface area contributed by atoms with Gasteiger partial charge < -0.3 is 4.74 Å². The van der Waals surface area contributed by atoms with Gasteiger partial charge in [-0.25, -0.2) is 0 Å². The van der Waals surface area contributed by atoms with Gasteiger partial charge in [0.25, 0.3) is 0 Å². The largest absolute Gasteiger partial charge is 0.426 e. The molecule has 0 aromatic heterocycles. The van der Waals surface area contributed by atoms with E-state index in [-0.39, 0.29) is 11.9 Å². The van der Waals surface area contributed by atoms with Gasteiger partial charge in [0.2, 0.25) is 0 Å². The van der Waals surface area contributed by atoms with E-state index in [1.165, 1.54) is 0 Å². The van der Waals surface area contributed by atoms with Crippen molar-refractivity contribution in [1.82, 2.24) is 0 Å². The first kappa shape index (κ1) is 9.72. The number of hydrogen-bond donors (Lipinski definition) is 0. The molecule has 15 heavy (non-hydrogen) atoms. The van der Waals surface area contributed by atoms with Gasteiger partial charge in [0, 0.05) is 0 Å². The topological polar surface area (TPSA) is 50.1 Å². The van der Waals surface area contributed by atoms with Crippen LogP contribution in [0.3, 0.4) is 0 Å². The molecule has 76 valence electrons. The van der Waals surface area contributed by atoms with E-state index in [2.05, 4.69) is 0 Å². The van der Waals surface area contributed by atoms with E-state index in [1.54, 1.807) is 24.3 Å². The third-order valence-corrected chi connectivity index (χ3v) is 2.64. The average Bonchev–Trinajstić information content (AvgIpc) is 2.16. The number of carbonyl (C=O) groups excluding carboxylic acids is 1. The summed E-state index contributed by atoms with van der Waals surface area (Å²) < 4.78 is 5.17. The highest BCUT2D eigenvalue weighted by molar-refractivity contribution is 5.75. The number of ether oxygens (including phenoxy) is 1. The lowest BCUT2D eigenvalue weighted by atomic mass is 9.86. The first-order valence-corrected chi connectivity index (χ1v) is 5.01. The molecule has 1 aromatic carbocycles. The summed E-state index contributed by atoms with van der Waals surface area (Å²) >= 11 is 0. The maximum absolute atomic E-state index is 11.5. The molecule has 1 aromatic rings. The molecule has 0 atom stereocenters. The van der Waals surface area contributed by atoms with Crippen molar-refractivity contribution in [3.05, 3.63) is 29.8 Å². The monoisotopic (exact) mass is 201 g/mol. The van der Waals surface area contributed by atoms with Gasteiger partial charge in [-0.3, -0.25) is 4.79 Å². The molecule has 1 aliphatic carbocycles. The Bertz CT molecular complexity index is 399. The molecule has 0 radical (unpaired) electrons. The summed E-state index contributed by atoms with van der Waals surface area (Å²) in [5.74, 6) is 0.456.